The molecule has 4 heteroatoms. The first-order valence-corrected chi connectivity index (χ1v) is 8.14. The number of rotatable bonds is 1. The molecule has 94 valence electrons. The highest BCUT2D eigenvalue weighted by Crippen LogP contribution is 2.51. The van der Waals surface area contributed by atoms with Gasteiger partial charge in [-0.3, -0.25) is 0 Å². The summed E-state index contributed by atoms with van der Waals surface area (Å²) in [6, 6.07) is 2.26. The van der Waals surface area contributed by atoms with Gasteiger partial charge < -0.3 is 9.47 Å². The molecular weight excluding hydrogens is 242 g/mol. The summed E-state index contributed by atoms with van der Waals surface area (Å²) in [5.41, 5.74) is 2.65. The molecule has 0 aliphatic carbocycles. The van der Waals surface area contributed by atoms with Gasteiger partial charge in [-0.15, -0.1) is 0 Å². The number of benzene rings is 1. The van der Waals surface area contributed by atoms with E-state index in [1.165, 1.54) is 16.4 Å². The van der Waals surface area contributed by atoms with Crippen molar-refractivity contribution in [1.82, 2.24) is 0 Å². The van der Waals surface area contributed by atoms with Crippen LogP contribution in [0.2, 0.25) is 0 Å². The topological polar surface area (TPSA) is 18.5 Å². The first-order chi connectivity index (χ1) is 8.48. The van der Waals surface area contributed by atoms with Gasteiger partial charge in [0.15, 0.2) is 16.8 Å². The summed E-state index contributed by atoms with van der Waals surface area (Å²) < 4.78 is 11.7. The standard InChI is InChI=1S/C14H19BO2P/c1-14(2,3)18(15)13-11-9(4-6-16-11)8-10-5-7-17-12(10)13/h8,18H,4-7H2,1-3H3/q+1. The van der Waals surface area contributed by atoms with Crippen molar-refractivity contribution >= 4 is 20.7 Å². The zero-order valence-electron chi connectivity index (χ0n) is 11.3. The van der Waals surface area contributed by atoms with Gasteiger partial charge in [0.05, 0.1) is 18.4 Å². The van der Waals surface area contributed by atoms with Crippen molar-refractivity contribution in [3.8, 4) is 11.5 Å². The van der Waals surface area contributed by atoms with Crippen LogP contribution >= 0.6 is 7.80 Å². The van der Waals surface area contributed by atoms with E-state index in [1.54, 1.807) is 0 Å². The Bertz CT molecular complexity index is 461. The minimum absolute atomic E-state index is 0.103. The first kappa shape index (κ1) is 12.4. The molecule has 1 aromatic carbocycles. The summed E-state index contributed by atoms with van der Waals surface area (Å²) in [4.78, 5) is 0. The summed E-state index contributed by atoms with van der Waals surface area (Å²) >= 11 is 0. The van der Waals surface area contributed by atoms with E-state index >= 15 is 0 Å². The summed E-state index contributed by atoms with van der Waals surface area (Å²) in [6.45, 7) is 8.18. The van der Waals surface area contributed by atoms with E-state index in [0.29, 0.717) is 0 Å². The zero-order chi connectivity index (χ0) is 12.9. The van der Waals surface area contributed by atoms with Gasteiger partial charge in [0.25, 0.3) is 0 Å². The number of ether oxygens (including phenoxy) is 2. The highest BCUT2D eigenvalue weighted by atomic mass is 31.1. The molecule has 2 radical (unpaired) electrons. The fourth-order valence-electron chi connectivity index (χ4n) is 2.61. The van der Waals surface area contributed by atoms with E-state index in [2.05, 4.69) is 26.8 Å². The molecule has 0 saturated heterocycles. The highest BCUT2D eigenvalue weighted by Gasteiger charge is 2.39. The molecule has 18 heavy (non-hydrogen) atoms. The first-order valence-electron chi connectivity index (χ1n) is 6.56. The Labute approximate surface area is 111 Å². The average Bonchev–Trinajstić information content (AvgIpc) is 2.90. The average molecular weight is 261 g/mol. The fourth-order valence-corrected chi connectivity index (χ4v) is 4.32. The van der Waals surface area contributed by atoms with E-state index in [-0.39, 0.29) is 5.16 Å². The smallest absolute Gasteiger partial charge is 0.369 e. The molecule has 0 spiro atoms. The highest BCUT2D eigenvalue weighted by molar-refractivity contribution is 7.89. The molecule has 1 atom stereocenters. The molecule has 0 bridgehead atoms. The lowest BCUT2D eigenvalue weighted by molar-refractivity contribution is 0.347. The maximum absolute atomic E-state index is 6.56. The van der Waals surface area contributed by atoms with Gasteiger partial charge >= 0.3 is 7.57 Å². The summed E-state index contributed by atoms with van der Waals surface area (Å²) in [7, 11) is 5.38. The van der Waals surface area contributed by atoms with Gasteiger partial charge in [0.2, 0.25) is 0 Å². The molecule has 0 aromatic heterocycles. The van der Waals surface area contributed by atoms with Crippen LogP contribution in [0.5, 0.6) is 11.5 Å². The maximum atomic E-state index is 6.56. The van der Waals surface area contributed by atoms with Crippen molar-refractivity contribution in [3.63, 3.8) is 0 Å². The summed E-state index contributed by atoms with van der Waals surface area (Å²) in [5, 5.41) is 1.29. The van der Waals surface area contributed by atoms with Crippen LogP contribution in [0.3, 0.4) is 0 Å². The Morgan fingerprint density at radius 2 is 1.56 bits per heavy atom. The van der Waals surface area contributed by atoms with Crippen molar-refractivity contribution in [2.75, 3.05) is 13.2 Å². The minimum atomic E-state index is -1.18. The van der Waals surface area contributed by atoms with Gasteiger partial charge in [0, 0.05) is 24.0 Å². The van der Waals surface area contributed by atoms with Gasteiger partial charge in [0.1, 0.15) is 0 Å². The Balaban J connectivity index is 2.18. The normalized spacial score (nSPS) is 18.8. The summed E-state index contributed by atoms with van der Waals surface area (Å²) in [6.07, 6.45) is 2.02. The zero-order valence-corrected chi connectivity index (χ0v) is 12.3. The van der Waals surface area contributed by atoms with Crippen LogP contribution in [0.15, 0.2) is 6.07 Å². The monoisotopic (exact) mass is 261 g/mol. The van der Waals surface area contributed by atoms with Crippen molar-refractivity contribution in [1.29, 1.82) is 0 Å². The molecule has 2 aliphatic heterocycles. The Hall–Kier alpha value is -0.685. The van der Waals surface area contributed by atoms with E-state index < -0.39 is 7.80 Å². The van der Waals surface area contributed by atoms with Crippen LogP contribution in [-0.2, 0) is 12.8 Å². The van der Waals surface area contributed by atoms with Crippen LogP contribution in [0.4, 0.5) is 0 Å². The lowest BCUT2D eigenvalue weighted by Crippen LogP contribution is -2.22. The molecule has 2 aliphatic rings. The molecule has 0 amide bonds. The third kappa shape index (κ3) is 1.84. The Morgan fingerprint density at radius 3 is 2.00 bits per heavy atom. The van der Waals surface area contributed by atoms with Crippen LogP contribution in [0.25, 0.3) is 0 Å². The Morgan fingerprint density at radius 1 is 1.06 bits per heavy atom. The van der Waals surface area contributed by atoms with Crippen LogP contribution in [0.1, 0.15) is 31.9 Å². The summed E-state index contributed by atoms with van der Waals surface area (Å²) in [5.74, 6) is 2.06. The van der Waals surface area contributed by atoms with E-state index in [1.807, 2.05) is 0 Å². The fraction of sp³-hybridized carbons (Fsp3) is 0.571. The molecule has 0 N–H and O–H groups in total. The van der Waals surface area contributed by atoms with Crippen molar-refractivity contribution in [2.24, 2.45) is 0 Å². The molecule has 0 fully saturated rings. The van der Waals surface area contributed by atoms with E-state index in [4.69, 9.17) is 17.0 Å². The molecule has 1 aromatic rings. The second kappa shape index (κ2) is 4.16. The third-order valence-electron chi connectivity index (χ3n) is 3.70. The molecule has 2 heterocycles. The maximum Gasteiger partial charge on any atom is 0.369 e. The van der Waals surface area contributed by atoms with Crippen molar-refractivity contribution < 1.29 is 9.47 Å². The second-order valence-corrected chi connectivity index (χ2v) is 8.92. The lowest BCUT2D eigenvalue weighted by Gasteiger charge is -2.23. The largest absolute Gasteiger partial charge is 0.489 e. The minimum Gasteiger partial charge on any atom is -0.489 e. The van der Waals surface area contributed by atoms with Gasteiger partial charge in [-0.25, -0.2) is 0 Å². The van der Waals surface area contributed by atoms with Crippen molar-refractivity contribution in [3.05, 3.63) is 17.2 Å². The van der Waals surface area contributed by atoms with Gasteiger partial charge in [-0.05, 0) is 34.6 Å². The molecule has 0 saturated carbocycles. The number of hydrogen-bond donors (Lipinski definition) is 0. The third-order valence-corrected chi connectivity index (χ3v) is 6.31. The second-order valence-electron chi connectivity index (χ2n) is 6.09. The van der Waals surface area contributed by atoms with Crippen LogP contribution in [-0.4, -0.2) is 25.9 Å². The predicted octanol–water partition coefficient (Wildman–Crippen LogP) is 2.28. The molecule has 2 nitrogen and oxygen atoms in total. The van der Waals surface area contributed by atoms with Crippen LogP contribution < -0.4 is 14.8 Å². The van der Waals surface area contributed by atoms with Gasteiger partial charge in [-0.1, -0.05) is 0 Å². The molecule has 1 unspecified atom stereocenters. The lowest BCUT2D eigenvalue weighted by atomic mass is 10.1. The Kier molecular flexibility index (Phi) is 2.86. The van der Waals surface area contributed by atoms with E-state index in [0.717, 1.165) is 37.6 Å². The van der Waals surface area contributed by atoms with Gasteiger partial charge in [-0.2, -0.15) is 0 Å². The van der Waals surface area contributed by atoms with Crippen molar-refractivity contribution in [2.45, 2.75) is 38.8 Å². The number of hydrogen-bond acceptors (Lipinski definition) is 2. The number of fused-ring (bicyclic) bond motifs is 2. The quantitative estimate of drug-likeness (QED) is 0.570. The molecular formula is C14H19BO2P+. The predicted molar refractivity (Wildman–Crippen MR) is 78.3 cm³/mol. The SMILES string of the molecule is [B][PH+](c1c2c(cc3c1OCC3)CCO2)C(C)(C)C. The van der Waals surface area contributed by atoms with Crippen LogP contribution in [0, 0.1) is 0 Å². The van der Waals surface area contributed by atoms with E-state index in [9.17, 15) is 0 Å². The molecule has 3 rings (SSSR count).